The van der Waals surface area contributed by atoms with E-state index in [0.717, 1.165) is 12.8 Å². The average molecular weight is 421 g/mol. The van der Waals surface area contributed by atoms with Gasteiger partial charge < -0.3 is 14.2 Å². The number of rotatable bonds is 17. The molecule has 6 nitrogen and oxygen atoms in total. The van der Waals surface area contributed by atoms with Crippen molar-refractivity contribution in [2.24, 2.45) is 5.10 Å². The number of hydrogen-bond donors (Lipinski definition) is 1. The molecule has 0 aliphatic heterocycles. The Morgan fingerprint density at radius 3 is 1.93 bits per heavy atom. The van der Waals surface area contributed by atoms with Gasteiger partial charge in [0.2, 0.25) is 11.7 Å². The van der Waals surface area contributed by atoms with Gasteiger partial charge in [0.25, 0.3) is 0 Å². The lowest BCUT2D eigenvalue weighted by molar-refractivity contribution is -0.121. The predicted octanol–water partition coefficient (Wildman–Crippen LogP) is 5.86. The normalized spacial score (nSPS) is 10.9. The molecular formula is C24H40N2O4. The summed E-state index contributed by atoms with van der Waals surface area (Å²) in [6, 6.07) is 3.58. The van der Waals surface area contributed by atoms with Gasteiger partial charge in [-0.1, -0.05) is 71.1 Å². The maximum Gasteiger partial charge on any atom is 0.240 e. The summed E-state index contributed by atoms with van der Waals surface area (Å²) < 4.78 is 16.0. The number of hydrogen-bond acceptors (Lipinski definition) is 5. The Balaban J connectivity index is 2.22. The molecule has 1 aromatic rings. The van der Waals surface area contributed by atoms with Crippen molar-refractivity contribution in [3.63, 3.8) is 0 Å². The van der Waals surface area contributed by atoms with Gasteiger partial charge in [0.15, 0.2) is 11.5 Å². The highest BCUT2D eigenvalue weighted by Gasteiger charge is 2.14. The SMILES string of the molecule is CCCCCCCCCCCCCC(=O)N/N=C/c1ccc(OC)c(OC)c1OC. The highest BCUT2D eigenvalue weighted by molar-refractivity contribution is 5.87. The van der Waals surface area contributed by atoms with Gasteiger partial charge in [0.05, 0.1) is 27.5 Å². The zero-order valence-electron chi connectivity index (χ0n) is 19.3. The largest absolute Gasteiger partial charge is 0.493 e. The molecule has 1 N–H and O–H groups in total. The van der Waals surface area contributed by atoms with Crippen molar-refractivity contribution < 1.29 is 19.0 Å². The van der Waals surface area contributed by atoms with Crippen LogP contribution in [0.4, 0.5) is 0 Å². The Bertz CT molecular complexity index is 632. The lowest BCUT2D eigenvalue weighted by Crippen LogP contribution is -2.17. The van der Waals surface area contributed by atoms with E-state index in [1.165, 1.54) is 57.8 Å². The Morgan fingerprint density at radius 2 is 1.40 bits per heavy atom. The smallest absolute Gasteiger partial charge is 0.240 e. The van der Waals surface area contributed by atoms with Crippen LogP contribution in [-0.2, 0) is 4.79 Å². The number of carbonyl (C=O) groups is 1. The molecular weight excluding hydrogens is 380 g/mol. The molecule has 0 atom stereocenters. The van der Waals surface area contributed by atoms with Gasteiger partial charge in [-0.15, -0.1) is 0 Å². The van der Waals surface area contributed by atoms with E-state index in [1.54, 1.807) is 39.7 Å². The predicted molar refractivity (Wildman–Crippen MR) is 123 cm³/mol. The molecule has 1 rings (SSSR count). The van der Waals surface area contributed by atoms with Gasteiger partial charge in [-0.05, 0) is 18.6 Å². The van der Waals surface area contributed by atoms with Crippen LogP contribution in [0.1, 0.15) is 89.5 Å². The number of amides is 1. The fourth-order valence-electron chi connectivity index (χ4n) is 3.41. The van der Waals surface area contributed by atoms with E-state index in [0.29, 0.717) is 29.2 Å². The molecule has 1 aromatic carbocycles. The van der Waals surface area contributed by atoms with E-state index in [4.69, 9.17) is 14.2 Å². The van der Waals surface area contributed by atoms with Crippen molar-refractivity contribution >= 4 is 12.1 Å². The highest BCUT2D eigenvalue weighted by atomic mass is 16.5. The van der Waals surface area contributed by atoms with E-state index >= 15 is 0 Å². The number of carbonyl (C=O) groups excluding carboxylic acids is 1. The van der Waals surface area contributed by atoms with Crippen LogP contribution in [0.5, 0.6) is 17.2 Å². The maximum absolute atomic E-state index is 12.0. The van der Waals surface area contributed by atoms with Crippen molar-refractivity contribution in [3.05, 3.63) is 17.7 Å². The topological polar surface area (TPSA) is 69.2 Å². The standard InChI is InChI=1S/C24H40N2O4/c1-5-6-7-8-9-10-11-12-13-14-15-16-22(27)26-25-19-20-17-18-21(28-2)24(30-4)23(20)29-3/h17-19H,5-16H2,1-4H3,(H,26,27)/b25-19+. The Hall–Kier alpha value is -2.24. The molecule has 0 heterocycles. The summed E-state index contributed by atoms with van der Waals surface area (Å²) in [4.78, 5) is 12.0. The number of nitrogens with one attached hydrogen (secondary N) is 1. The number of methoxy groups -OCH3 is 3. The second kappa shape index (κ2) is 16.5. The molecule has 0 radical (unpaired) electrons. The lowest BCUT2D eigenvalue weighted by atomic mass is 10.1. The molecule has 1 amide bonds. The van der Waals surface area contributed by atoms with E-state index in [2.05, 4.69) is 17.5 Å². The minimum Gasteiger partial charge on any atom is -0.493 e. The molecule has 0 aliphatic rings. The highest BCUT2D eigenvalue weighted by Crippen LogP contribution is 2.38. The van der Waals surface area contributed by atoms with Gasteiger partial charge in [-0.25, -0.2) is 5.43 Å². The van der Waals surface area contributed by atoms with Crippen LogP contribution in [0, 0.1) is 0 Å². The minimum atomic E-state index is -0.0679. The molecule has 0 saturated heterocycles. The minimum absolute atomic E-state index is 0.0679. The molecule has 170 valence electrons. The first kappa shape index (κ1) is 25.8. The van der Waals surface area contributed by atoms with Crippen molar-refractivity contribution in [3.8, 4) is 17.2 Å². The number of benzene rings is 1. The third-order valence-corrected chi connectivity index (χ3v) is 5.13. The van der Waals surface area contributed by atoms with Crippen LogP contribution in [0.2, 0.25) is 0 Å². The van der Waals surface area contributed by atoms with Crippen molar-refractivity contribution in [1.29, 1.82) is 0 Å². The summed E-state index contributed by atoms with van der Waals surface area (Å²) in [5.41, 5.74) is 3.29. The van der Waals surface area contributed by atoms with Gasteiger partial charge in [-0.3, -0.25) is 4.79 Å². The van der Waals surface area contributed by atoms with Crippen molar-refractivity contribution in [1.82, 2.24) is 5.43 Å². The molecule has 0 aromatic heterocycles. The Kier molecular flexibility index (Phi) is 14.2. The van der Waals surface area contributed by atoms with E-state index < -0.39 is 0 Å². The second-order valence-electron chi connectivity index (χ2n) is 7.50. The molecule has 0 bridgehead atoms. The summed E-state index contributed by atoms with van der Waals surface area (Å²) in [5, 5.41) is 4.05. The number of hydrazone groups is 1. The van der Waals surface area contributed by atoms with E-state index in [1.807, 2.05) is 0 Å². The maximum atomic E-state index is 12.0. The van der Waals surface area contributed by atoms with Crippen LogP contribution < -0.4 is 19.6 Å². The van der Waals surface area contributed by atoms with Crippen molar-refractivity contribution in [2.45, 2.75) is 84.0 Å². The van der Waals surface area contributed by atoms with Crippen LogP contribution in [0.25, 0.3) is 0 Å². The Labute approximate surface area is 182 Å². The van der Waals surface area contributed by atoms with E-state index in [-0.39, 0.29) is 5.91 Å². The molecule has 0 fully saturated rings. The molecule has 0 saturated carbocycles. The lowest BCUT2D eigenvalue weighted by Gasteiger charge is -2.13. The second-order valence-corrected chi connectivity index (χ2v) is 7.50. The average Bonchev–Trinajstić information content (AvgIpc) is 2.76. The third-order valence-electron chi connectivity index (χ3n) is 5.13. The van der Waals surface area contributed by atoms with Crippen LogP contribution in [0.15, 0.2) is 17.2 Å². The summed E-state index contributed by atoms with van der Waals surface area (Å²) in [5.74, 6) is 1.52. The van der Waals surface area contributed by atoms with E-state index in [9.17, 15) is 4.79 Å². The van der Waals surface area contributed by atoms with Crippen LogP contribution in [-0.4, -0.2) is 33.5 Å². The number of unbranched alkanes of at least 4 members (excludes halogenated alkanes) is 10. The summed E-state index contributed by atoms with van der Waals surface area (Å²) >= 11 is 0. The zero-order chi connectivity index (χ0) is 22.0. The summed E-state index contributed by atoms with van der Waals surface area (Å²) in [7, 11) is 4.68. The first-order valence-corrected chi connectivity index (χ1v) is 11.3. The van der Waals surface area contributed by atoms with Gasteiger partial charge in [-0.2, -0.15) is 5.10 Å². The molecule has 0 aliphatic carbocycles. The summed E-state index contributed by atoms with van der Waals surface area (Å²) in [6.07, 6.45) is 16.0. The fourth-order valence-corrected chi connectivity index (χ4v) is 3.41. The molecule has 30 heavy (non-hydrogen) atoms. The molecule has 0 unspecified atom stereocenters. The third kappa shape index (κ3) is 9.99. The van der Waals surface area contributed by atoms with Crippen LogP contribution in [0.3, 0.4) is 0 Å². The van der Waals surface area contributed by atoms with Crippen molar-refractivity contribution in [2.75, 3.05) is 21.3 Å². The van der Waals surface area contributed by atoms with Gasteiger partial charge >= 0.3 is 0 Å². The van der Waals surface area contributed by atoms with Crippen LogP contribution >= 0.6 is 0 Å². The van der Waals surface area contributed by atoms with Gasteiger partial charge in [0, 0.05) is 12.0 Å². The number of ether oxygens (including phenoxy) is 3. The number of nitrogens with zero attached hydrogens (tertiary/aromatic N) is 1. The monoisotopic (exact) mass is 420 g/mol. The summed E-state index contributed by atoms with van der Waals surface area (Å²) in [6.45, 7) is 2.25. The fraction of sp³-hybridized carbons (Fsp3) is 0.667. The molecule has 0 spiro atoms. The quantitative estimate of drug-likeness (QED) is 0.195. The Morgan fingerprint density at radius 1 is 0.833 bits per heavy atom. The zero-order valence-corrected chi connectivity index (χ0v) is 19.3. The first-order chi connectivity index (χ1) is 14.7. The first-order valence-electron chi connectivity index (χ1n) is 11.3. The molecule has 6 heteroatoms. The van der Waals surface area contributed by atoms with Gasteiger partial charge in [0.1, 0.15) is 0 Å².